The molecule has 0 radical (unpaired) electrons. The molecule has 0 saturated carbocycles. The molecule has 18 heavy (non-hydrogen) atoms. The summed E-state index contributed by atoms with van der Waals surface area (Å²) in [6, 6.07) is 7.06. The Morgan fingerprint density at radius 2 is 1.72 bits per heavy atom. The molecule has 6 nitrogen and oxygen atoms in total. The van der Waals surface area contributed by atoms with Gasteiger partial charge in [-0.3, -0.25) is 9.32 Å². The van der Waals surface area contributed by atoms with Crippen molar-refractivity contribution < 1.29 is 28.8 Å². The van der Waals surface area contributed by atoms with Gasteiger partial charge in [-0.25, -0.2) is 4.57 Å². The van der Waals surface area contributed by atoms with E-state index in [4.69, 9.17) is 14.9 Å². The van der Waals surface area contributed by atoms with Gasteiger partial charge in [-0.2, -0.15) is 0 Å². The van der Waals surface area contributed by atoms with Crippen LogP contribution in [0.15, 0.2) is 24.3 Å². The first kappa shape index (κ1) is 14.9. The molecule has 0 atom stereocenters. The predicted octanol–water partition coefficient (Wildman–Crippen LogP) is 1.36. The van der Waals surface area contributed by atoms with Gasteiger partial charge in [-0.05, 0) is 24.0 Å². The SMILES string of the molecule is O=C(O)Cc1ccc(CCCOP(=O)(O)O)cc1. The first-order valence-electron chi connectivity index (χ1n) is 5.36. The van der Waals surface area contributed by atoms with E-state index in [1.807, 2.05) is 0 Å². The smallest absolute Gasteiger partial charge is 0.469 e. The molecule has 1 rings (SSSR count). The maximum absolute atomic E-state index is 10.5. The Bertz CT molecular complexity index is 435. The number of aliphatic carboxylic acids is 1. The fourth-order valence-corrected chi connectivity index (χ4v) is 1.83. The molecule has 1 aromatic carbocycles. The average Bonchev–Trinajstić information content (AvgIpc) is 2.24. The van der Waals surface area contributed by atoms with E-state index in [0.717, 1.165) is 11.1 Å². The normalized spacial score (nSPS) is 11.4. The van der Waals surface area contributed by atoms with Gasteiger partial charge < -0.3 is 14.9 Å². The van der Waals surface area contributed by atoms with Crippen LogP contribution in [-0.4, -0.2) is 27.5 Å². The molecule has 0 unspecified atom stereocenters. The summed E-state index contributed by atoms with van der Waals surface area (Å²) in [6.07, 6.45) is 1.10. The van der Waals surface area contributed by atoms with Gasteiger partial charge in [0.1, 0.15) is 0 Å². The zero-order valence-electron chi connectivity index (χ0n) is 9.65. The lowest BCUT2D eigenvalue weighted by Crippen LogP contribution is -2.00. The molecule has 0 fully saturated rings. The minimum atomic E-state index is -4.38. The van der Waals surface area contributed by atoms with Gasteiger partial charge in [-0.1, -0.05) is 24.3 Å². The van der Waals surface area contributed by atoms with Crippen molar-refractivity contribution in [3.05, 3.63) is 35.4 Å². The number of carboxylic acids is 1. The van der Waals surface area contributed by atoms with Crippen molar-refractivity contribution in [2.24, 2.45) is 0 Å². The van der Waals surface area contributed by atoms with Gasteiger partial charge >= 0.3 is 13.8 Å². The Hall–Kier alpha value is -1.20. The van der Waals surface area contributed by atoms with Crippen molar-refractivity contribution in [3.8, 4) is 0 Å². The molecule has 0 saturated heterocycles. The Kier molecular flexibility index (Phi) is 5.50. The van der Waals surface area contributed by atoms with E-state index < -0.39 is 13.8 Å². The number of hydrogen-bond donors (Lipinski definition) is 3. The maximum Gasteiger partial charge on any atom is 0.469 e. The second-order valence-corrected chi connectivity index (χ2v) is 5.05. The predicted molar refractivity (Wildman–Crippen MR) is 64.1 cm³/mol. The Morgan fingerprint density at radius 3 is 2.22 bits per heavy atom. The van der Waals surface area contributed by atoms with Crippen LogP contribution in [0.2, 0.25) is 0 Å². The molecule has 1 aromatic rings. The van der Waals surface area contributed by atoms with E-state index in [1.54, 1.807) is 24.3 Å². The van der Waals surface area contributed by atoms with Crippen molar-refractivity contribution in [1.82, 2.24) is 0 Å². The zero-order chi connectivity index (χ0) is 13.6. The summed E-state index contributed by atoms with van der Waals surface area (Å²) in [7, 11) is -4.38. The molecular formula is C11H15O6P. The van der Waals surface area contributed by atoms with E-state index in [1.165, 1.54) is 0 Å². The largest absolute Gasteiger partial charge is 0.481 e. The number of phosphoric ester groups is 1. The van der Waals surface area contributed by atoms with Crippen LogP contribution in [0.1, 0.15) is 17.5 Å². The minimum absolute atomic E-state index is 0.0123. The number of carbonyl (C=O) groups is 1. The number of hydrogen-bond acceptors (Lipinski definition) is 3. The van der Waals surface area contributed by atoms with E-state index in [2.05, 4.69) is 4.52 Å². The molecule has 0 aromatic heterocycles. The number of benzene rings is 1. The average molecular weight is 274 g/mol. The molecule has 0 aliphatic heterocycles. The fourth-order valence-electron chi connectivity index (χ4n) is 1.46. The van der Waals surface area contributed by atoms with E-state index in [9.17, 15) is 9.36 Å². The summed E-state index contributed by atoms with van der Waals surface area (Å²) < 4.78 is 14.7. The summed E-state index contributed by atoms with van der Waals surface area (Å²) >= 11 is 0. The lowest BCUT2D eigenvalue weighted by Gasteiger charge is -2.05. The monoisotopic (exact) mass is 274 g/mol. The van der Waals surface area contributed by atoms with Crippen molar-refractivity contribution in [1.29, 1.82) is 0 Å². The molecule has 100 valence electrons. The quantitative estimate of drug-likeness (QED) is 0.512. The highest BCUT2D eigenvalue weighted by molar-refractivity contribution is 7.46. The number of aryl methyl sites for hydroxylation is 1. The fraction of sp³-hybridized carbons (Fsp3) is 0.364. The summed E-state index contributed by atoms with van der Waals surface area (Å²) in [5.74, 6) is -0.877. The van der Waals surface area contributed by atoms with Crippen LogP contribution in [0.5, 0.6) is 0 Å². The van der Waals surface area contributed by atoms with Crippen LogP contribution >= 0.6 is 7.82 Å². The van der Waals surface area contributed by atoms with Gasteiger partial charge in [0, 0.05) is 0 Å². The van der Waals surface area contributed by atoms with Crippen LogP contribution in [0.25, 0.3) is 0 Å². The Balaban J connectivity index is 2.35. The molecule has 0 heterocycles. The summed E-state index contributed by atoms with van der Waals surface area (Å²) in [6.45, 7) is -0.0127. The molecule has 0 spiro atoms. The first-order valence-corrected chi connectivity index (χ1v) is 6.89. The van der Waals surface area contributed by atoms with Gasteiger partial charge in [0.25, 0.3) is 0 Å². The lowest BCUT2D eigenvalue weighted by molar-refractivity contribution is -0.136. The molecule has 0 aliphatic carbocycles. The molecular weight excluding hydrogens is 259 g/mol. The molecule has 3 N–H and O–H groups in total. The van der Waals surface area contributed by atoms with Gasteiger partial charge in [-0.15, -0.1) is 0 Å². The van der Waals surface area contributed by atoms with Gasteiger partial charge in [0.15, 0.2) is 0 Å². The van der Waals surface area contributed by atoms with Crippen molar-refractivity contribution in [3.63, 3.8) is 0 Å². The number of rotatable bonds is 7. The molecule has 0 aliphatic rings. The highest BCUT2D eigenvalue weighted by Crippen LogP contribution is 2.35. The summed E-state index contributed by atoms with van der Waals surface area (Å²) in [5.41, 5.74) is 1.69. The summed E-state index contributed by atoms with van der Waals surface area (Å²) in [5, 5.41) is 8.60. The lowest BCUT2D eigenvalue weighted by atomic mass is 10.1. The second kappa shape index (κ2) is 6.66. The third kappa shape index (κ3) is 6.51. The van der Waals surface area contributed by atoms with Crippen molar-refractivity contribution in [2.75, 3.05) is 6.61 Å². The number of carboxylic acid groups (broad SMARTS) is 1. The minimum Gasteiger partial charge on any atom is -0.481 e. The highest BCUT2D eigenvalue weighted by atomic mass is 31.2. The molecule has 0 bridgehead atoms. The van der Waals surface area contributed by atoms with E-state index in [0.29, 0.717) is 12.8 Å². The van der Waals surface area contributed by atoms with Crippen LogP contribution < -0.4 is 0 Å². The van der Waals surface area contributed by atoms with E-state index >= 15 is 0 Å². The van der Waals surface area contributed by atoms with Crippen LogP contribution in [0, 0.1) is 0 Å². The Labute approximate surface area is 104 Å². The highest BCUT2D eigenvalue weighted by Gasteiger charge is 2.12. The van der Waals surface area contributed by atoms with Gasteiger partial charge in [0.2, 0.25) is 0 Å². The van der Waals surface area contributed by atoms with Gasteiger partial charge in [0.05, 0.1) is 13.0 Å². The zero-order valence-corrected chi connectivity index (χ0v) is 10.5. The van der Waals surface area contributed by atoms with Crippen molar-refractivity contribution >= 4 is 13.8 Å². The maximum atomic E-state index is 10.5. The van der Waals surface area contributed by atoms with Crippen LogP contribution in [0.3, 0.4) is 0 Å². The van der Waals surface area contributed by atoms with E-state index in [-0.39, 0.29) is 13.0 Å². The number of phosphoric acid groups is 1. The third-order valence-corrected chi connectivity index (χ3v) is 2.77. The van der Waals surface area contributed by atoms with Crippen molar-refractivity contribution in [2.45, 2.75) is 19.3 Å². The first-order chi connectivity index (χ1) is 8.37. The Morgan fingerprint density at radius 1 is 1.17 bits per heavy atom. The topological polar surface area (TPSA) is 104 Å². The summed E-state index contributed by atoms with van der Waals surface area (Å²) in [4.78, 5) is 27.4. The standard InChI is InChI=1S/C11H15O6P/c12-11(13)8-10-5-3-9(4-6-10)2-1-7-17-18(14,15)16/h3-6H,1-2,7-8H2,(H,12,13)(H2,14,15,16). The second-order valence-electron chi connectivity index (χ2n) is 3.81. The van der Waals surface area contributed by atoms with Crippen LogP contribution in [-0.2, 0) is 26.7 Å². The van der Waals surface area contributed by atoms with Crippen LogP contribution in [0.4, 0.5) is 0 Å². The molecule has 0 amide bonds. The molecule has 7 heteroatoms. The third-order valence-electron chi connectivity index (χ3n) is 2.25.